The molecule has 1 unspecified atom stereocenters. The fourth-order valence-corrected chi connectivity index (χ4v) is 4.37. The summed E-state index contributed by atoms with van der Waals surface area (Å²) in [5.41, 5.74) is 3.67. The van der Waals surface area contributed by atoms with Crippen molar-refractivity contribution in [2.24, 2.45) is 0 Å². The Morgan fingerprint density at radius 3 is 2.69 bits per heavy atom. The standard InChI is InChI=1S/C21H26N4O/c26-19-4-2-1-3-16(19)15-9-12-25(13-15)21-17-7-10-22-11-8-18(17)23-20(24-21)14-5-6-14/h1-4,14-15,22,26H,5-13H2. The molecule has 5 rings (SSSR count). The highest BCUT2D eigenvalue weighted by Gasteiger charge is 2.33. The molecule has 0 bridgehead atoms. The van der Waals surface area contributed by atoms with Crippen molar-refractivity contribution in [1.29, 1.82) is 0 Å². The predicted octanol–water partition coefficient (Wildman–Crippen LogP) is 2.74. The van der Waals surface area contributed by atoms with Gasteiger partial charge in [0.05, 0.1) is 5.69 Å². The molecule has 2 aromatic rings. The third-order valence-corrected chi connectivity index (χ3v) is 5.99. The topological polar surface area (TPSA) is 61.3 Å². The molecule has 0 radical (unpaired) electrons. The number of benzene rings is 1. The fraction of sp³-hybridized carbons (Fsp3) is 0.524. The molecule has 1 saturated carbocycles. The van der Waals surface area contributed by atoms with E-state index in [4.69, 9.17) is 9.97 Å². The maximum Gasteiger partial charge on any atom is 0.135 e. The molecule has 1 aliphatic carbocycles. The maximum atomic E-state index is 10.2. The van der Waals surface area contributed by atoms with E-state index in [9.17, 15) is 5.11 Å². The van der Waals surface area contributed by atoms with Gasteiger partial charge in [0.1, 0.15) is 17.4 Å². The summed E-state index contributed by atoms with van der Waals surface area (Å²) in [6, 6.07) is 7.77. The number of hydrogen-bond acceptors (Lipinski definition) is 5. The van der Waals surface area contributed by atoms with Crippen molar-refractivity contribution in [3.63, 3.8) is 0 Å². The Bertz CT molecular complexity index is 818. The summed E-state index contributed by atoms with van der Waals surface area (Å²) in [6.07, 6.45) is 5.54. The van der Waals surface area contributed by atoms with Crippen molar-refractivity contribution in [3.8, 4) is 5.75 Å². The van der Waals surface area contributed by atoms with Crippen LogP contribution in [0.2, 0.25) is 0 Å². The number of aromatic hydroxyl groups is 1. The normalized spacial score (nSPS) is 22.9. The molecule has 3 heterocycles. The first-order valence-corrected chi connectivity index (χ1v) is 9.93. The van der Waals surface area contributed by atoms with Crippen LogP contribution >= 0.6 is 0 Å². The second kappa shape index (κ2) is 6.54. The van der Waals surface area contributed by atoms with Crippen molar-refractivity contribution >= 4 is 5.82 Å². The molecule has 1 aromatic carbocycles. The number of para-hydroxylation sites is 1. The van der Waals surface area contributed by atoms with Crippen LogP contribution in [0.1, 0.15) is 53.7 Å². The molecule has 5 nitrogen and oxygen atoms in total. The van der Waals surface area contributed by atoms with E-state index in [1.807, 2.05) is 12.1 Å². The number of anilines is 1. The van der Waals surface area contributed by atoms with Gasteiger partial charge in [0.15, 0.2) is 0 Å². The van der Waals surface area contributed by atoms with E-state index >= 15 is 0 Å². The SMILES string of the molecule is Oc1ccccc1C1CCN(c2nc(C3CC3)nc3c2CCNCC3)C1. The maximum absolute atomic E-state index is 10.2. The van der Waals surface area contributed by atoms with E-state index < -0.39 is 0 Å². The molecular weight excluding hydrogens is 324 g/mol. The average molecular weight is 350 g/mol. The Morgan fingerprint density at radius 2 is 1.85 bits per heavy atom. The van der Waals surface area contributed by atoms with E-state index in [1.54, 1.807) is 6.07 Å². The molecule has 136 valence electrons. The molecule has 1 saturated heterocycles. The van der Waals surface area contributed by atoms with Crippen LogP contribution in [-0.2, 0) is 12.8 Å². The number of fused-ring (bicyclic) bond motifs is 1. The number of phenols is 1. The minimum atomic E-state index is 0.370. The van der Waals surface area contributed by atoms with E-state index in [0.717, 1.165) is 56.8 Å². The first kappa shape index (κ1) is 16.1. The van der Waals surface area contributed by atoms with Gasteiger partial charge in [0.2, 0.25) is 0 Å². The second-order valence-electron chi connectivity index (χ2n) is 7.85. The Balaban J connectivity index is 1.48. The van der Waals surface area contributed by atoms with Crippen LogP contribution in [0.4, 0.5) is 5.82 Å². The van der Waals surface area contributed by atoms with Crippen LogP contribution in [-0.4, -0.2) is 41.3 Å². The quantitative estimate of drug-likeness (QED) is 0.891. The zero-order chi connectivity index (χ0) is 17.5. The monoisotopic (exact) mass is 350 g/mol. The lowest BCUT2D eigenvalue weighted by atomic mass is 9.97. The van der Waals surface area contributed by atoms with Gasteiger partial charge >= 0.3 is 0 Å². The first-order valence-electron chi connectivity index (χ1n) is 9.93. The first-order chi connectivity index (χ1) is 12.8. The molecule has 1 aromatic heterocycles. The summed E-state index contributed by atoms with van der Waals surface area (Å²) in [4.78, 5) is 12.4. The lowest BCUT2D eigenvalue weighted by molar-refractivity contribution is 0.463. The van der Waals surface area contributed by atoms with Gasteiger partial charge in [-0.2, -0.15) is 0 Å². The second-order valence-corrected chi connectivity index (χ2v) is 7.85. The van der Waals surface area contributed by atoms with Gasteiger partial charge in [-0.25, -0.2) is 9.97 Å². The van der Waals surface area contributed by atoms with Crippen molar-refractivity contribution in [3.05, 3.63) is 46.9 Å². The van der Waals surface area contributed by atoms with Gasteiger partial charge in [0.25, 0.3) is 0 Å². The summed E-state index contributed by atoms with van der Waals surface area (Å²) < 4.78 is 0. The third kappa shape index (κ3) is 2.94. The highest BCUT2D eigenvalue weighted by molar-refractivity contribution is 5.53. The lowest BCUT2D eigenvalue weighted by Gasteiger charge is -2.23. The van der Waals surface area contributed by atoms with Crippen LogP contribution in [0.15, 0.2) is 24.3 Å². The molecule has 5 heteroatoms. The van der Waals surface area contributed by atoms with Crippen molar-refractivity contribution in [2.75, 3.05) is 31.1 Å². The average Bonchev–Trinajstić information content (AvgIpc) is 3.43. The summed E-state index contributed by atoms with van der Waals surface area (Å²) in [6.45, 7) is 3.94. The molecule has 2 N–H and O–H groups in total. The lowest BCUT2D eigenvalue weighted by Crippen LogP contribution is -2.24. The number of phenolic OH excluding ortho intramolecular Hbond substituents is 1. The third-order valence-electron chi connectivity index (χ3n) is 5.99. The number of rotatable bonds is 3. The molecule has 1 atom stereocenters. The summed E-state index contributed by atoms with van der Waals surface area (Å²) >= 11 is 0. The van der Waals surface area contributed by atoms with Gasteiger partial charge < -0.3 is 15.3 Å². The van der Waals surface area contributed by atoms with Gasteiger partial charge in [-0.15, -0.1) is 0 Å². The van der Waals surface area contributed by atoms with Gasteiger partial charge in [-0.1, -0.05) is 18.2 Å². The number of nitrogens with one attached hydrogen (secondary N) is 1. The summed E-state index contributed by atoms with van der Waals surface area (Å²) in [7, 11) is 0. The van der Waals surface area contributed by atoms with Gasteiger partial charge in [-0.05, 0) is 43.9 Å². The summed E-state index contributed by atoms with van der Waals surface area (Å²) in [5.74, 6) is 3.59. The smallest absolute Gasteiger partial charge is 0.135 e. The fourth-order valence-electron chi connectivity index (χ4n) is 4.37. The zero-order valence-corrected chi connectivity index (χ0v) is 15.1. The van der Waals surface area contributed by atoms with Crippen molar-refractivity contribution in [1.82, 2.24) is 15.3 Å². The molecular formula is C21H26N4O. The van der Waals surface area contributed by atoms with Gasteiger partial charge in [-0.3, -0.25) is 0 Å². The van der Waals surface area contributed by atoms with Crippen LogP contribution in [0.3, 0.4) is 0 Å². The van der Waals surface area contributed by atoms with E-state index in [1.165, 1.54) is 29.9 Å². The Kier molecular flexibility index (Phi) is 4.04. The van der Waals surface area contributed by atoms with E-state index in [-0.39, 0.29) is 0 Å². The number of aromatic nitrogens is 2. The molecule has 26 heavy (non-hydrogen) atoms. The Morgan fingerprint density at radius 1 is 1.00 bits per heavy atom. The molecule has 2 fully saturated rings. The predicted molar refractivity (Wildman–Crippen MR) is 102 cm³/mol. The van der Waals surface area contributed by atoms with E-state index in [2.05, 4.69) is 16.3 Å². The van der Waals surface area contributed by atoms with Crippen molar-refractivity contribution < 1.29 is 5.11 Å². The van der Waals surface area contributed by atoms with Crippen LogP contribution in [0, 0.1) is 0 Å². The van der Waals surface area contributed by atoms with Crippen LogP contribution in [0.5, 0.6) is 5.75 Å². The molecule has 3 aliphatic rings. The van der Waals surface area contributed by atoms with Crippen LogP contribution < -0.4 is 10.2 Å². The molecule has 2 aliphatic heterocycles. The van der Waals surface area contributed by atoms with Crippen LogP contribution in [0.25, 0.3) is 0 Å². The Labute approximate surface area is 154 Å². The van der Waals surface area contributed by atoms with Crippen molar-refractivity contribution in [2.45, 2.75) is 43.9 Å². The van der Waals surface area contributed by atoms with E-state index in [0.29, 0.717) is 17.6 Å². The Hall–Kier alpha value is -2.14. The number of hydrogen-bond donors (Lipinski definition) is 2. The minimum absolute atomic E-state index is 0.370. The highest BCUT2D eigenvalue weighted by Crippen LogP contribution is 2.41. The highest BCUT2D eigenvalue weighted by atomic mass is 16.3. The number of nitrogens with zero attached hydrogens (tertiary/aromatic N) is 3. The largest absolute Gasteiger partial charge is 0.508 e. The summed E-state index contributed by atoms with van der Waals surface area (Å²) in [5, 5.41) is 13.7. The molecule has 0 spiro atoms. The zero-order valence-electron chi connectivity index (χ0n) is 15.1. The van der Waals surface area contributed by atoms with Gasteiger partial charge in [0, 0.05) is 43.5 Å². The minimum Gasteiger partial charge on any atom is -0.508 e. The molecule has 0 amide bonds.